The lowest BCUT2D eigenvalue weighted by Gasteiger charge is -2.11. The Bertz CT molecular complexity index is 962. The standard InChI is InChI=1S/C16H13FN4O.C3H6.C2H6/c1-8-15(17)21-14-9(3-2-4-12(14)19-8)13-7-10-11(20-13)5-6-18-16(10)22;1-3-2;1-2/h2-4,7,20H,5-6H2,1H3,(H,18,22);3H,1H2,2H3;1-2H3. The van der Waals surface area contributed by atoms with Gasteiger partial charge in [0.05, 0.1) is 16.8 Å². The maximum atomic E-state index is 13.8. The number of rotatable bonds is 1. The molecule has 0 fully saturated rings. The second-order valence-electron chi connectivity index (χ2n) is 5.76. The van der Waals surface area contributed by atoms with Gasteiger partial charge in [0.1, 0.15) is 5.52 Å². The number of para-hydroxylation sites is 1. The van der Waals surface area contributed by atoms with E-state index >= 15 is 0 Å². The zero-order valence-electron chi connectivity index (χ0n) is 16.2. The van der Waals surface area contributed by atoms with Crippen molar-refractivity contribution in [2.75, 3.05) is 6.54 Å². The molecule has 0 atom stereocenters. The molecule has 0 saturated heterocycles. The molecule has 1 aromatic carbocycles. The van der Waals surface area contributed by atoms with Gasteiger partial charge in [0.15, 0.2) is 0 Å². The number of aromatic nitrogens is 3. The molecule has 5 nitrogen and oxygen atoms in total. The van der Waals surface area contributed by atoms with Crippen LogP contribution in [-0.4, -0.2) is 27.4 Å². The summed E-state index contributed by atoms with van der Waals surface area (Å²) in [5.74, 6) is -0.661. The normalized spacial score (nSPS) is 12.1. The van der Waals surface area contributed by atoms with E-state index in [1.54, 1.807) is 25.1 Å². The first-order valence-corrected chi connectivity index (χ1v) is 9.05. The van der Waals surface area contributed by atoms with Gasteiger partial charge >= 0.3 is 0 Å². The molecule has 2 N–H and O–H groups in total. The Kier molecular flexibility index (Phi) is 6.82. The number of aryl methyl sites for hydroxylation is 1. The van der Waals surface area contributed by atoms with E-state index in [1.165, 1.54) is 0 Å². The topological polar surface area (TPSA) is 70.7 Å². The fourth-order valence-corrected chi connectivity index (χ4v) is 2.80. The minimum Gasteiger partial charge on any atom is -0.358 e. The molecule has 0 aliphatic carbocycles. The SMILES string of the molecule is C=CC.CC.Cc1nc2cccc(-c3cc4c([nH]3)CCNC4=O)c2nc1F. The van der Waals surface area contributed by atoms with E-state index in [2.05, 4.69) is 26.8 Å². The number of H-pyrrole nitrogens is 1. The van der Waals surface area contributed by atoms with Crippen LogP contribution in [0.3, 0.4) is 0 Å². The van der Waals surface area contributed by atoms with E-state index in [1.807, 2.05) is 32.9 Å². The smallest absolute Gasteiger partial charge is 0.253 e. The summed E-state index contributed by atoms with van der Waals surface area (Å²) in [6.07, 6.45) is 2.50. The lowest BCUT2D eigenvalue weighted by molar-refractivity contribution is 0.0946. The number of aromatic amines is 1. The molecule has 3 heterocycles. The lowest BCUT2D eigenvalue weighted by atomic mass is 10.1. The molecule has 0 radical (unpaired) electrons. The molecule has 1 aliphatic heterocycles. The predicted octanol–water partition coefficient (Wildman–Crippen LogP) is 4.58. The number of nitrogens with one attached hydrogen (secondary N) is 2. The highest BCUT2D eigenvalue weighted by atomic mass is 19.1. The van der Waals surface area contributed by atoms with Crippen LogP contribution in [0.1, 0.15) is 42.5 Å². The minimum absolute atomic E-state index is 0.0860. The van der Waals surface area contributed by atoms with Gasteiger partial charge in [-0.25, -0.2) is 9.97 Å². The van der Waals surface area contributed by atoms with Crippen molar-refractivity contribution in [3.05, 3.63) is 59.8 Å². The summed E-state index contributed by atoms with van der Waals surface area (Å²) < 4.78 is 13.8. The van der Waals surface area contributed by atoms with Crippen molar-refractivity contribution in [1.82, 2.24) is 20.3 Å². The van der Waals surface area contributed by atoms with Gasteiger partial charge in [-0.3, -0.25) is 4.79 Å². The van der Waals surface area contributed by atoms with Crippen LogP contribution in [0.25, 0.3) is 22.3 Å². The van der Waals surface area contributed by atoms with Crippen LogP contribution in [0.5, 0.6) is 0 Å². The molecular formula is C21H25FN4O. The molecule has 1 aliphatic rings. The van der Waals surface area contributed by atoms with Crippen LogP contribution in [0, 0.1) is 12.9 Å². The Morgan fingerprint density at radius 1 is 1.22 bits per heavy atom. The first-order chi connectivity index (χ1) is 13.0. The quantitative estimate of drug-likeness (QED) is 0.618. The van der Waals surface area contributed by atoms with E-state index in [-0.39, 0.29) is 11.6 Å². The monoisotopic (exact) mass is 368 g/mol. The Balaban J connectivity index is 0.000000478. The number of amides is 1. The second-order valence-corrected chi connectivity index (χ2v) is 5.76. The summed E-state index contributed by atoms with van der Waals surface area (Å²) in [6.45, 7) is 11.5. The van der Waals surface area contributed by atoms with Crippen LogP contribution in [0.2, 0.25) is 0 Å². The third kappa shape index (κ3) is 4.22. The van der Waals surface area contributed by atoms with Gasteiger partial charge in [-0.1, -0.05) is 32.1 Å². The Labute approximate surface area is 158 Å². The van der Waals surface area contributed by atoms with Gasteiger partial charge in [0.25, 0.3) is 5.91 Å². The number of fused-ring (bicyclic) bond motifs is 2. The number of benzene rings is 1. The molecule has 0 spiro atoms. The van der Waals surface area contributed by atoms with Gasteiger partial charge in [-0.05, 0) is 26.0 Å². The van der Waals surface area contributed by atoms with E-state index in [0.29, 0.717) is 23.1 Å². The average molecular weight is 368 g/mol. The molecule has 6 heteroatoms. The highest BCUT2D eigenvalue weighted by Crippen LogP contribution is 2.29. The Morgan fingerprint density at radius 3 is 2.59 bits per heavy atom. The summed E-state index contributed by atoms with van der Waals surface area (Å²) >= 11 is 0. The largest absolute Gasteiger partial charge is 0.358 e. The fraction of sp³-hybridized carbons (Fsp3) is 0.286. The number of hydrogen-bond donors (Lipinski definition) is 2. The summed E-state index contributed by atoms with van der Waals surface area (Å²) in [5.41, 5.74) is 4.43. The predicted molar refractivity (Wildman–Crippen MR) is 107 cm³/mol. The van der Waals surface area contributed by atoms with Crippen molar-refractivity contribution in [2.24, 2.45) is 0 Å². The van der Waals surface area contributed by atoms with Crippen molar-refractivity contribution in [3.8, 4) is 11.3 Å². The number of allylic oxidation sites excluding steroid dienone is 1. The molecule has 0 bridgehead atoms. The van der Waals surface area contributed by atoms with Gasteiger partial charge < -0.3 is 10.3 Å². The molecule has 0 saturated carbocycles. The molecule has 142 valence electrons. The van der Waals surface area contributed by atoms with E-state index in [0.717, 1.165) is 23.4 Å². The van der Waals surface area contributed by atoms with Crippen molar-refractivity contribution < 1.29 is 9.18 Å². The van der Waals surface area contributed by atoms with Crippen LogP contribution in [0.15, 0.2) is 36.9 Å². The highest BCUT2D eigenvalue weighted by molar-refractivity contribution is 5.99. The summed E-state index contributed by atoms with van der Waals surface area (Å²) in [7, 11) is 0. The number of hydrogen-bond acceptors (Lipinski definition) is 3. The minimum atomic E-state index is -0.575. The van der Waals surface area contributed by atoms with Crippen molar-refractivity contribution in [1.29, 1.82) is 0 Å². The maximum Gasteiger partial charge on any atom is 0.253 e. The summed E-state index contributed by atoms with van der Waals surface area (Å²) in [6, 6.07) is 7.29. The fourth-order valence-electron chi connectivity index (χ4n) is 2.80. The molecule has 2 aromatic heterocycles. The molecule has 0 unspecified atom stereocenters. The van der Waals surface area contributed by atoms with Crippen LogP contribution in [-0.2, 0) is 6.42 Å². The lowest BCUT2D eigenvalue weighted by Crippen LogP contribution is -2.31. The molecular weight excluding hydrogens is 343 g/mol. The van der Waals surface area contributed by atoms with E-state index < -0.39 is 5.95 Å². The second kappa shape index (κ2) is 9.07. The Hall–Kier alpha value is -3.02. The van der Waals surface area contributed by atoms with Gasteiger partial charge in [-0.2, -0.15) is 4.39 Å². The van der Waals surface area contributed by atoms with Crippen molar-refractivity contribution in [3.63, 3.8) is 0 Å². The van der Waals surface area contributed by atoms with Crippen LogP contribution in [0.4, 0.5) is 4.39 Å². The third-order valence-corrected chi connectivity index (χ3v) is 3.91. The van der Waals surface area contributed by atoms with E-state index in [4.69, 9.17) is 0 Å². The van der Waals surface area contributed by atoms with Crippen molar-refractivity contribution in [2.45, 2.75) is 34.1 Å². The third-order valence-electron chi connectivity index (χ3n) is 3.91. The number of carbonyl (C=O) groups is 1. The Morgan fingerprint density at radius 2 is 1.93 bits per heavy atom. The molecule has 3 aromatic rings. The number of nitrogens with zero attached hydrogens (tertiary/aromatic N) is 2. The molecule has 1 amide bonds. The molecule has 4 rings (SSSR count). The van der Waals surface area contributed by atoms with Gasteiger partial charge in [0, 0.05) is 29.9 Å². The van der Waals surface area contributed by atoms with Crippen LogP contribution < -0.4 is 5.32 Å². The van der Waals surface area contributed by atoms with Gasteiger partial charge in [0.2, 0.25) is 5.95 Å². The van der Waals surface area contributed by atoms with Crippen molar-refractivity contribution >= 4 is 16.9 Å². The zero-order chi connectivity index (χ0) is 20.0. The van der Waals surface area contributed by atoms with Gasteiger partial charge in [-0.15, -0.1) is 6.58 Å². The first-order valence-electron chi connectivity index (χ1n) is 9.05. The summed E-state index contributed by atoms with van der Waals surface area (Å²) in [5, 5.41) is 2.81. The maximum absolute atomic E-state index is 13.8. The van der Waals surface area contributed by atoms with E-state index in [9.17, 15) is 9.18 Å². The molecule has 27 heavy (non-hydrogen) atoms. The average Bonchev–Trinajstić information content (AvgIpc) is 3.10. The highest BCUT2D eigenvalue weighted by Gasteiger charge is 2.21. The number of halogens is 1. The number of carbonyl (C=O) groups excluding carboxylic acids is 1. The zero-order valence-corrected chi connectivity index (χ0v) is 16.2. The first kappa shape index (κ1) is 20.3. The summed E-state index contributed by atoms with van der Waals surface area (Å²) in [4.78, 5) is 23.4. The van der Waals surface area contributed by atoms with Crippen LogP contribution >= 0.6 is 0 Å².